The van der Waals surface area contributed by atoms with Crippen LogP contribution in [0.25, 0.3) is 0 Å². The molecule has 0 rings (SSSR count). The maximum Gasteiger partial charge on any atom is 0.308 e. The van der Waals surface area contributed by atoms with Crippen LogP contribution in [-0.4, -0.2) is 17.1 Å². The van der Waals surface area contributed by atoms with Crippen molar-refractivity contribution in [3.05, 3.63) is 0 Å². The number of aliphatic carboxylic acids is 1. The lowest BCUT2D eigenvalue weighted by Crippen LogP contribution is -2.32. The summed E-state index contributed by atoms with van der Waals surface area (Å²) in [5, 5.41) is 9.09. The fourth-order valence-electron chi connectivity index (χ4n) is 3.52. The Kier molecular flexibility index (Phi) is 17.8. The molecule has 0 amide bonds. The molecule has 0 aliphatic heterocycles. The number of unbranched alkanes of at least 4 members (excludes halogenated alkanes) is 15. The maximum absolute atomic E-state index is 11.1. The lowest BCUT2D eigenvalue weighted by Gasteiger charge is -2.15. The van der Waals surface area contributed by atoms with Gasteiger partial charge in [-0.2, -0.15) is 0 Å². The van der Waals surface area contributed by atoms with Gasteiger partial charge in [0.15, 0.2) is 0 Å². The molecule has 3 N–H and O–H groups in total. The Morgan fingerprint density at radius 2 is 1.04 bits per heavy atom. The molecule has 25 heavy (non-hydrogen) atoms. The van der Waals surface area contributed by atoms with Crippen LogP contribution in [0.2, 0.25) is 0 Å². The molecular formula is C22H45NO2. The lowest BCUT2D eigenvalue weighted by molar-refractivity contribution is -0.142. The molecule has 0 heterocycles. The first-order valence-corrected chi connectivity index (χ1v) is 11.1. The zero-order valence-electron chi connectivity index (χ0n) is 17.1. The average molecular weight is 356 g/mol. The molecule has 0 aromatic heterocycles. The zero-order chi connectivity index (χ0) is 18.8. The summed E-state index contributed by atoms with van der Waals surface area (Å²) in [6.07, 6.45) is 22.2. The smallest absolute Gasteiger partial charge is 0.308 e. The summed E-state index contributed by atoms with van der Waals surface area (Å²) in [7, 11) is 0. The van der Waals surface area contributed by atoms with Crippen LogP contribution in [0.4, 0.5) is 0 Å². The number of carboxylic acids is 1. The number of hydrogen-bond donors (Lipinski definition) is 2. The molecule has 0 saturated heterocycles. The molecule has 0 aliphatic carbocycles. The summed E-state index contributed by atoms with van der Waals surface area (Å²) in [5.74, 6) is -1.11. The van der Waals surface area contributed by atoms with Crippen LogP contribution in [0.1, 0.15) is 123 Å². The standard InChI is InChI=1S/C22H45NO2/c1-3-4-5-6-7-8-9-10-11-12-13-14-15-16-17-18-19-21(20(2)23)22(24)25/h20-21H,3-19,23H2,1-2H3,(H,24,25). The Morgan fingerprint density at radius 3 is 1.32 bits per heavy atom. The fraction of sp³-hybridized carbons (Fsp3) is 0.955. The Labute approximate surface area is 157 Å². The van der Waals surface area contributed by atoms with Gasteiger partial charge in [0.25, 0.3) is 0 Å². The van der Waals surface area contributed by atoms with Gasteiger partial charge >= 0.3 is 5.97 Å². The van der Waals surface area contributed by atoms with E-state index in [0.717, 1.165) is 19.3 Å². The van der Waals surface area contributed by atoms with Crippen LogP contribution < -0.4 is 5.73 Å². The first-order valence-electron chi connectivity index (χ1n) is 11.1. The molecule has 0 aromatic rings. The second-order valence-electron chi connectivity index (χ2n) is 7.90. The van der Waals surface area contributed by atoms with Crippen LogP contribution >= 0.6 is 0 Å². The van der Waals surface area contributed by atoms with Crippen molar-refractivity contribution in [2.24, 2.45) is 11.7 Å². The molecule has 3 heteroatoms. The largest absolute Gasteiger partial charge is 0.481 e. The summed E-state index contributed by atoms with van der Waals surface area (Å²) in [5.41, 5.74) is 5.72. The molecule has 2 atom stereocenters. The highest BCUT2D eigenvalue weighted by molar-refractivity contribution is 5.70. The van der Waals surface area contributed by atoms with Gasteiger partial charge in [0, 0.05) is 6.04 Å². The van der Waals surface area contributed by atoms with Crippen molar-refractivity contribution < 1.29 is 9.90 Å². The fourth-order valence-corrected chi connectivity index (χ4v) is 3.52. The summed E-state index contributed by atoms with van der Waals surface area (Å²) in [4.78, 5) is 11.1. The minimum Gasteiger partial charge on any atom is -0.481 e. The maximum atomic E-state index is 11.1. The number of rotatable bonds is 19. The van der Waals surface area contributed by atoms with Gasteiger partial charge in [-0.1, -0.05) is 110 Å². The highest BCUT2D eigenvalue weighted by Crippen LogP contribution is 2.16. The third-order valence-corrected chi connectivity index (χ3v) is 5.32. The van der Waals surface area contributed by atoms with Crippen molar-refractivity contribution in [3.8, 4) is 0 Å². The molecule has 0 aliphatic rings. The van der Waals surface area contributed by atoms with E-state index in [1.165, 1.54) is 89.9 Å². The van der Waals surface area contributed by atoms with Gasteiger partial charge in [-0.05, 0) is 13.3 Å². The molecule has 0 spiro atoms. The Hall–Kier alpha value is -0.570. The first kappa shape index (κ1) is 24.4. The van der Waals surface area contributed by atoms with E-state index in [-0.39, 0.29) is 12.0 Å². The van der Waals surface area contributed by atoms with Crippen LogP contribution in [0.5, 0.6) is 0 Å². The molecule has 3 nitrogen and oxygen atoms in total. The second kappa shape index (κ2) is 18.2. The minimum absolute atomic E-state index is 0.242. The molecule has 0 aromatic carbocycles. The zero-order valence-corrected chi connectivity index (χ0v) is 17.1. The van der Waals surface area contributed by atoms with Crippen LogP contribution in [0, 0.1) is 5.92 Å². The first-order chi connectivity index (χ1) is 12.1. The van der Waals surface area contributed by atoms with Crippen molar-refractivity contribution in [2.45, 2.75) is 129 Å². The van der Waals surface area contributed by atoms with Gasteiger partial charge in [-0.3, -0.25) is 4.79 Å². The molecular weight excluding hydrogens is 310 g/mol. The molecule has 0 fully saturated rings. The lowest BCUT2D eigenvalue weighted by atomic mass is 9.94. The summed E-state index contributed by atoms with van der Waals surface area (Å²) in [6, 6.07) is -0.242. The monoisotopic (exact) mass is 355 g/mol. The number of hydrogen-bond acceptors (Lipinski definition) is 2. The Bertz CT molecular complexity index is 292. The van der Waals surface area contributed by atoms with E-state index in [9.17, 15) is 4.79 Å². The number of carbonyl (C=O) groups is 1. The summed E-state index contributed by atoms with van der Waals surface area (Å²) >= 11 is 0. The second-order valence-corrected chi connectivity index (χ2v) is 7.90. The van der Waals surface area contributed by atoms with Gasteiger partial charge in [-0.25, -0.2) is 0 Å². The van der Waals surface area contributed by atoms with Crippen molar-refractivity contribution in [3.63, 3.8) is 0 Å². The van der Waals surface area contributed by atoms with Gasteiger partial charge < -0.3 is 10.8 Å². The molecule has 0 bridgehead atoms. The van der Waals surface area contributed by atoms with E-state index in [1.807, 2.05) is 0 Å². The molecule has 2 unspecified atom stereocenters. The number of carboxylic acid groups (broad SMARTS) is 1. The van der Waals surface area contributed by atoms with E-state index in [4.69, 9.17) is 10.8 Å². The summed E-state index contributed by atoms with van der Waals surface area (Å²) in [6.45, 7) is 4.07. The third kappa shape index (κ3) is 16.6. The SMILES string of the molecule is CCCCCCCCCCCCCCCCCCC(C(=O)O)C(C)N. The van der Waals surface area contributed by atoms with E-state index in [0.29, 0.717) is 0 Å². The van der Waals surface area contributed by atoms with E-state index < -0.39 is 5.97 Å². The number of nitrogens with two attached hydrogens (primary N) is 1. The van der Waals surface area contributed by atoms with E-state index >= 15 is 0 Å². The molecule has 150 valence electrons. The molecule has 0 saturated carbocycles. The summed E-state index contributed by atoms with van der Waals surface area (Å²) < 4.78 is 0. The third-order valence-electron chi connectivity index (χ3n) is 5.32. The van der Waals surface area contributed by atoms with Crippen molar-refractivity contribution >= 4 is 5.97 Å². The topological polar surface area (TPSA) is 63.3 Å². The predicted octanol–water partition coefficient (Wildman–Crippen LogP) is 6.69. The van der Waals surface area contributed by atoms with Gasteiger partial charge in [0.2, 0.25) is 0 Å². The van der Waals surface area contributed by atoms with Gasteiger partial charge in [0.1, 0.15) is 0 Å². The van der Waals surface area contributed by atoms with Gasteiger partial charge in [-0.15, -0.1) is 0 Å². The van der Waals surface area contributed by atoms with Crippen molar-refractivity contribution in [2.75, 3.05) is 0 Å². The van der Waals surface area contributed by atoms with E-state index in [2.05, 4.69) is 6.92 Å². The van der Waals surface area contributed by atoms with Crippen LogP contribution in [0.3, 0.4) is 0 Å². The minimum atomic E-state index is -0.740. The normalized spacial score (nSPS) is 13.7. The van der Waals surface area contributed by atoms with Crippen LogP contribution in [0.15, 0.2) is 0 Å². The van der Waals surface area contributed by atoms with E-state index in [1.54, 1.807) is 6.92 Å². The quantitative estimate of drug-likeness (QED) is 0.254. The Balaban J connectivity index is 3.20. The average Bonchev–Trinajstić information content (AvgIpc) is 2.57. The predicted molar refractivity (Wildman–Crippen MR) is 109 cm³/mol. The highest BCUT2D eigenvalue weighted by atomic mass is 16.4. The van der Waals surface area contributed by atoms with Crippen molar-refractivity contribution in [1.82, 2.24) is 0 Å². The van der Waals surface area contributed by atoms with Gasteiger partial charge in [0.05, 0.1) is 5.92 Å². The van der Waals surface area contributed by atoms with Crippen molar-refractivity contribution in [1.29, 1.82) is 0 Å². The van der Waals surface area contributed by atoms with Crippen LogP contribution in [-0.2, 0) is 4.79 Å². The highest BCUT2D eigenvalue weighted by Gasteiger charge is 2.20. The Morgan fingerprint density at radius 1 is 0.720 bits per heavy atom. The molecule has 0 radical (unpaired) electrons.